The minimum atomic E-state index is 0.257. The van der Waals surface area contributed by atoms with Crippen molar-refractivity contribution in [2.24, 2.45) is 0 Å². The smallest absolute Gasteiger partial charge is 0.143 e. The van der Waals surface area contributed by atoms with E-state index in [0.717, 1.165) is 16.5 Å². The lowest BCUT2D eigenvalue weighted by Crippen LogP contribution is -1.96. The maximum Gasteiger partial charge on any atom is 0.143 e. The summed E-state index contributed by atoms with van der Waals surface area (Å²) in [7, 11) is 0. The fourth-order valence-electron chi connectivity index (χ4n) is 1.74. The normalized spacial score (nSPS) is 10.8. The van der Waals surface area contributed by atoms with E-state index in [0.29, 0.717) is 0 Å². The van der Waals surface area contributed by atoms with E-state index >= 15 is 0 Å². The molecule has 0 saturated carbocycles. The van der Waals surface area contributed by atoms with Gasteiger partial charge in [0, 0.05) is 10.8 Å². The molecule has 1 aromatic heterocycles. The Hall–Kier alpha value is -2.43. The second-order valence-electron chi connectivity index (χ2n) is 3.40. The Labute approximate surface area is 90.9 Å². The number of phenolic OH excluding ortho intramolecular Hbond substituents is 1. The molecule has 0 fully saturated rings. The van der Waals surface area contributed by atoms with Gasteiger partial charge in [-0.15, -0.1) is 5.10 Å². The summed E-state index contributed by atoms with van der Waals surface area (Å²) in [5, 5.41) is 22.5. The molecule has 5 nitrogen and oxygen atoms in total. The molecule has 0 radical (unpaired) electrons. The lowest BCUT2D eigenvalue weighted by molar-refractivity contribution is 0.481. The first-order chi connectivity index (χ1) is 7.86. The number of phenols is 1. The second-order valence-corrected chi connectivity index (χ2v) is 3.40. The van der Waals surface area contributed by atoms with Gasteiger partial charge in [0.05, 0.1) is 5.69 Å². The molecule has 0 amide bonds. The van der Waals surface area contributed by atoms with Crippen molar-refractivity contribution in [3.05, 3.63) is 42.7 Å². The fraction of sp³-hybridized carbons (Fsp3) is 0. The van der Waals surface area contributed by atoms with Crippen LogP contribution in [0.4, 0.5) is 0 Å². The molecule has 0 aliphatic heterocycles. The van der Waals surface area contributed by atoms with E-state index in [-0.39, 0.29) is 5.75 Å². The van der Waals surface area contributed by atoms with Crippen molar-refractivity contribution in [2.75, 3.05) is 0 Å². The van der Waals surface area contributed by atoms with E-state index in [4.69, 9.17) is 0 Å². The number of aromatic nitrogens is 4. The Morgan fingerprint density at radius 3 is 2.56 bits per heavy atom. The first-order valence-electron chi connectivity index (χ1n) is 4.80. The van der Waals surface area contributed by atoms with Gasteiger partial charge in [-0.2, -0.15) is 4.68 Å². The average molecular weight is 212 g/mol. The van der Waals surface area contributed by atoms with Crippen molar-refractivity contribution < 1.29 is 5.11 Å². The molecule has 0 unspecified atom stereocenters. The van der Waals surface area contributed by atoms with Crippen LogP contribution in [0.15, 0.2) is 42.7 Å². The Morgan fingerprint density at radius 2 is 1.81 bits per heavy atom. The van der Waals surface area contributed by atoms with Crippen LogP contribution in [0.2, 0.25) is 0 Å². The molecule has 1 heterocycles. The Balaban J connectivity index is 2.39. The van der Waals surface area contributed by atoms with E-state index in [1.54, 1.807) is 16.8 Å². The summed E-state index contributed by atoms with van der Waals surface area (Å²) in [6.07, 6.45) is 1.53. The quantitative estimate of drug-likeness (QED) is 0.664. The Bertz CT molecular complexity index is 634. The largest absolute Gasteiger partial charge is 0.507 e. The molecule has 3 aromatic rings. The highest BCUT2D eigenvalue weighted by Gasteiger charge is 2.06. The van der Waals surface area contributed by atoms with Crippen LogP contribution in [-0.2, 0) is 0 Å². The molecular weight excluding hydrogens is 204 g/mol. The number of nitrogens with zero attached hydrogens (tertiary/aromatic N) is 4. The molecule has 2 aromatic carbocycles. The molecule has 0 saturated heterocycles. The topological polar surface area (TPSA) is 63.8 Å². The second kappa shape index (κ2) is 3.30. The van der Waals surface area contributed by atoms with Crippen LogP contribution in [0.25, 0.3) is 16.5 Å². The molecule has 0 aliphatic rings. The third-order valence-electron chi connectivity index (χ3n) is 2.47. The zero-order valence-corrected chi connectivity index (χ0v) is 8.28. The molecule has 16 heavy (non-hydrogen) atoms. The predicted molar refractivity (Wildman–Crippen MR) is 58.3 cm³/mol. The number of fused-ring (bicyclic) bond motifs is 1. The van der Waals surface area contributed by atoms with Gasteiger partial charge in [0.2, 0.25) is 0 Å². The minimum absolute atomic E-state index is 0.257. The predicted octanol–water partition coefficient (Wildman–Crippen LogP) is 1.52. The maximum absolute atomic E-state index is 9.73. The Kier molecular flexibility index (Phi) is 1.83. The number of hydrogen-bond donors (Lipinski definition) is 1. The van der Waals surface area contributed by atoms with Crippen LogP contribution in [0.1, 0.15) is 0 Å². The van der Waals surface area contributed by atoms with Crippen LogP contribution < -0.4 is 0 Å². The molecule has 3 rings (SSSR count). The number of tetrazole rings is 1. The van der Waals surface area contributed by atoms with Crippen molar-refractivity contribution in [3.63, 3.8) is 0 Å². The molecular formula is C11H8N4O. The van der Waals surface area contributed by atoms with Gasteiger partial charge in [0.15, 0.2) is 0 Å². The van der Waals surface area contributed by atoms with Gasteiger partial charge in [0.1, 0.15) is 12.1 Å². The highest BCUT2D eigenvalue weighted by atomic mass is 16.3. The van der Waals surface area contributed by atoms with Gasteiger partial charge in [0.25, 0.3) is 0 Å². The van der Waals surface area contributed by atoms with Crippen molar-refractivity contribution in [1.29, 1.82) is 0 Å². The van der Waals surface area contributed by atoms with Crippen LogP contribution in [-0.4, -0.2) is 25.3 Å². The summed E-state index contributed by atoms with van der Waals surface area (Å²) in [4.78, 5) is 0. The molecule has 78 valence electrons. The standard InChI is InChI=1S/C11H8N4O/c16-11-6-5-10(15-7-12-13-14-15)8-3-1-2-4-9(8)11/h1-7,16H. The lowest BCUT2D eigenvalue weighted by Gasteiger charge is -2.06. The first-order valence-corrected chi connectivity index (χ1v) is 4.80. The van der Waals surface area contributed by atoms with Crippen LogP contribution in [0, 0.1) is 0 Å². The summed E-state index contributed by atoms with van der Waals surface area (Å²) in [5.74, 6) is 0.257. The molecule has 0 atom stereocenters. The minimum Gasteiger partial charge on any atom is -0.507 e. The van der Waals surface area contributed by atoms with Gasteiger partial charge in [-0.1, -0.05) is 24.3 Å². The number of aromatic hydroxyl groups is 1. The lowest BCUT2D eigenvalue weighted by atomic mass is 10.1. The van der Waals surface area contributed by atoms with Gasteiger partial charge < -0.3 is 5.11 Å². The first kappa shape index (κ1) is 8.84. The van der Waals surface area contributed by atoms with E-state index in [1.165, 1.54) is 6.33 Å². The summed E-state index contributed by atoms with van der Waals surface area (Å²) in [5.41, 5.74) is 0.846. The van der Waals surface area contributed by atoms with Gasteiger partial charge >= 0.3 is 0 Å². The van der Waals surface area contributed by atoms with E-state index < -0.39 is 0 Å². The third kappa shape index (κ3) is 1.22. The zero-order chi connectivity index (χ0) is 11.0. The summed E-state index contributed by atoms with van der Waals surface area (Å²) in [6, 6.07) is 11.0. The van der Waals surface area contributed by atoms with Crippen molar-refractivity contribution in [2.45, 2.75) is 0 Å². The fourth-order valence-corrected chi connectivity index (χ4v) is 1.74. The maximum atomic E-state index is 9.73. The van der Waals surface area contributed by atoms with Crippen LogP contribution >= 0.6 is 0 Å². The van der Waals surface area contributed by atoms with E-state index in [2.05, 4.69) is 15.5 Å². The summed E-state index contributed by atoms with van der Waals surface area (Å²) in [6.45, 7) is 0. The zero-order valence-electron chi connectivity index (χ0n) is 8.28. The van der Waals surface area contributed by atoms with Crippen molar-refractivity contribution in [1.82, 2.24) is 20.2 Å². The number of rotatable bonds is 1. The number of benzene rings is 2. The molecule has 0 aliphatic carbocycles. The van der Waals surface area contributed by atoms with Gasteiger partial charge in [-0.25, -0.2) is 0 Å². The average Bonchev–Trinajstić information content (AvgIpc) is 2.83. The summed E-state index contributed by atoms with van der Waals surface area (Å²) < 4.78 is 1.57. The van der Waals surface area contributed by atoms with Crippen molar-refractivity contribution in [3.8, 4) is 11.4 Å². The Morgan fingerprint density at radius 1 is 1.00 bits per heavy atom. The molecule has 5 heteroatoms. The molecule has 0 bridgehead atoms. The summed E-state index contributed by atoms with van der Waals surface area (Å²) >= 11 is 0. The third-order valence-corrected chi connectivity index (χ3v) is 2.47. The number of hydrogen-bond acceptors (Lipinski definition) is 4. The monoisotopic (exact) mass is 212 g/mol. The van der Waals surface area contributed by atoms with Crippen LogP contribution in [0.3, 0.4) is 0 Å². The van der Waals surface area contributed by atoms with Crippen LogP contribution in [0.5, 0.6) is 5.75 Å². The highest BCUT2D eigenvalue weighted by Crippen LogP contribution is 2.28. The molecule has 1 N–H and O–H groups in total. The van der Waals surface area contributed by atoms with Gasteiger partial charge in [-0.3, -0.25) is 0 Å². The van der Waals surface area contributed by atoms with E-state index in [9.17, 15) is 5.11 Å². The SMILES string of the molecule is Oc1ccc(-n2cnnn2)c2ccccc12. The van der Waals surface area contributed by atoms with Crippen molar-refractivity contribution >= 4 is 10.8 Å². The van der Waals surface area contributed by atoms with Gasteiger partial charge in [-0.05, 0) is 22.6 Å². The van der Waals surface area contributed by atoms with E-state index in [1.807, 2.05) is 24.3 Å². The molecule has 0 spiro atoms. The highest BCUT2D eigenvalue weighted by molar-refractivity contribution is 5.94.